The predicted molar refractivity (Wildman–Crippen MR) is 153 cm³/mol. The molecule has 4 rings (SSSR count). The molecule has 0 radical (unpaired) electrons. The molecule has 3 aromatic rings. The minimum absolute atomic E-state index is 0.0967. The second-order valence-electron chi connectivity index (χ2n) is 9.57. The van der Waals surface area contributed by atoms with Crippen molar-refractivity contribution in [3.8, 4) is 11.1 Å². The van der Waals surface area contributed by atoms with Gasteiger partial charge in [0.1, 0.15) is 16.6 Å². The van der Waals surface area contributed by atoms with Gasteiger partial charge in [0.2, 0.25) is 10.0 Å². The maximum Gasteiger partial charge on any atom is 0.341 e. The summed E-state index contributed by atoms with van der Waals surface area (Å²) >= 11 is 1.22. The van der Waals surface area contributed by atoms with Gasteiger partial charge >= 0.3 is 11.9 Å². The van der Waals surface area contributed by atoms with E-state index in [9.17, 15) is 22.8 Å². The molecule has 1 aliphatic rings. The van der Waals surface area contributed by atoms with Gasteiger partial charge in [0.25, 0.3) is 5.91 Å². The normalized spacial score (nSPS) is 15.6. The Kier molecular flexibility index (Phi) is 9.07. The number of carbonyl (C=O) groups excluding carboxylic acids is 3. The van der Waals surface area contributed by atoms with Gasteiger partial charge in [-0.05, 0) is 58.2 Å². The van der Waals surface area contributed by atoms with Crippen molar-refractivity contribution in [1.29, 1.82) is 0 Å². The number of hydrogen-bond acceptors (Lipinski definition) is 8. The van der Waals surface area contributed by atoms with Gasteiger partial charge < -0.3 is 14.8 Å². The number of ether oxygens (including phenoxy) is 2. The van der Waals surface area contributed by atoms with Crippen LogP contribution >= 0.6 is 11.3 Å². The van der Waals surface area contributed by atoms with Crippen molar-refractivity contribution in [3.05, 3.63) is 70.1 Å². The summed E-state index contributed by atoms with van der Waals surface area (Å²) in [7, 11) is -3.91. The number of sulfonamides is 1. The fourth-order valence-electron chi connectivity index (χ4n) is 4.60. The predicted octanol–water partition coefficient (Wildman–Crippen LogP) is 4.85. The van der Waals surface area contributed by atoms with Crippen LogP contribution in [0, 0.1) is 20.8 Å². The first kappa shape index (κ1) is 29.4. The molecule has 40 heavy (non-hydrogen) atoms. The van der Waals surface area contributed by atoms with Crippen LogP contribution in [0.1, 0.15) is 46.1 Å². The van der Waals surface area contributed by atoms with Crippen molar-refractivity contribution in [1.82, 2.24) is 4.31 Å². The van der Waals surface area contributed by atoms with E-state index >= 15 is 0 Å². The molecule has 1 saturated heterocycles. The fraction of sp³-hybridized carbons (Fsp3) is 0.345. The number of rotatable bonds is 9. The van der Waals surface area contributed by atoms with E-state index in [2.05, 4.69) is 5.32 Å². The second-order valence-corrected chi connectivity index (χ2v) is 12.7. The molecule has 0 bridgehead atoms. The van der Waals surface area contributed by atoms with E-state index in [4.69, 9.17) is 9.47 Å². The molecular weight excluding hydrogens is 552 g/mol. The Bertz CT molecular complexity index is 1510. The Morgan fingerprint density at radius 2 is 1.60 bits per heavy atom. The van der Waals surface area contributed by atoms with Gasteiger partial charge in [0, 0.05) is 17.0 Å². The minimum Gasteiger partial charge on any atom is -0.462 e. The van der Waals surface area contributed by atoms with Gasteiger partial charge in [-0.25, -0.2) is 13.2 Å². The third kappa shape index (κ3) is 6.27. The Morgan fingerprint density at radius 1 is 0.975 bits per heavy atom. The van der Waals surface area contributed by atoms with E-state index in [1.165, 1.54) is 23.5 Å². The Balaban J connectivity index is 1.48. The topological polar surface area (TPSA) is 119 Å². The summed E-state index contributed by atoms with van der Waals surface area (Å²) < 4.78 is 38.0. The largest absolute Gasteiger partial charge is 0.462 e. The highest BCUT2D eigenvalue weighted by Crippen LogP contribution is 2.40. The zero-order valence-electron chi connectivity index (χ0n) is 22.9. The van der Waals surface area contributed by atoms with E-state index in [0.717, 1.165) is 25.9 Å². The van der Waals surface area contributed by atoms with E-state index in [1.807, 2.05) is 45.0 Å². The first-order valence-corrected chi connectivity index (χ1v) is 15.2. The molecule has 1 amide bonds. The molecular formula is C29H32N2O7S2. The van der Waals surface area contributed by atoms with E-state index in [1.54, 1.807) is 19.1 Å². The molecule has 1 unspecified atom stereocenters. The number of aryl methyl sites for hydroxylation is 3. The maximum atomic E-state index is 13.2. The monoisotopic (exact) mass is 584 g/mol. The molecule has 1 aliphatic heterocycles. The van der Waals surface area contributed by atoms with Crippen molar-refractivity contribution in [3.63, 3.8) is 0 Å². The molecule has 0 aliphatic carbocycles. The lowest BCUT2D eigenvalue weighted by Gasteiger charge is -2.22. The summed E-state index contributed by atoms with van der Waals surface area (Å²) in [5.41, 5.74) is 3.70. The van der Waals surface area contributed by atoms with Gasteiger partial charge in [0.15, 0.2) is 6.61 Å². The van der Waals surface area contributed by atoms with E-state index in [0.29, 0.717) is 18.4 Å². The Labute approximate surface area is 238 Å². The zero-order chi connectivity index (χ0) is 29.0. The number of nitrogens with one attached hydrogen (secondary N) is 1. The van der Waals surface area contributed by atoms with Gasteiger partial charge in [-0.15, -0.1) is 11.3 Å². The van der Waals surface area contributed by atoms with Gasteiger partial charge in [0.05, 0.1) is 11.5 Å². The van der Waals surface area contributed by atoms with Crippen LogP contribution in [0.2, 0.25) is 0 Å². The smallest absolute Gasteiger partial charge is 0.341 e. The molecule has 0 saturated carbocycles. The van der Waals surface area contributed by atoms with Crippen LogP contribution in [-0.2, 0) is 29.1 Å². The summed E-state index contributed by atoms with van der Waals surface area (Å²) in [4.78, 5) is 39.5. The molecule has 9 nitrogen and oxygen atoms in total. The van der Waals surface area contributed by atoms with Crippen molar-refractivity contribution >= 4 is 44.2 Å². The SMILES string of the molecule is CCOC(=O)c1c(NC(=O)COC(=O)C2CCCN2S(=O)(=O)c2ccc(C)cc2)sc(C)c1-c1ccc(C)cc1. The van der Waals surface area contributed by atoms with Crippen LogP contribution in [0.25, 0.3) is 11.1 Å². The van der Waals surface area contributed by atoms with Crippen LogP contribution in [-0.4, -0.2) is 56.4 Å². The highest BCUT2D eigenvalue weighted by molar-refractivity contribution is 7.89. The molecule has 1 fully saturated rings. The average molecular weight is 585 g/mol. The maximum absolute atomic E-state index is 13.2. The number of benzene rings is 2. The van der Waals surface area contributed by atoms with Crippen LogP contribution in [0.5, 0.6) is 0 Å². The van der Waals surface area contributed by atoms with Gasteiger partial charge in [-0.2, -0.15) is 4.31 Å². The Morgan fingerprint density at radius 3 is 2.23 bits per heavy atom. The highest BCUT2D eigenvalue weighted by atomic mass is 32.2. The molecule has 2 heterocycles. The van der Waals surface area contributed by atoms with E-state index in [-0.39, 0.29) is 28.6 Å². The summed E-state index contributed by atoms with van der Waals surface area (Å²) in [6.07, 6.45) is 0.790. The molecule has 2 aromatic carbocycles. The molecule has 0 spiro atoms. The number of anilines is 1. The molecule has 1 N–H and O–H groups in total. The lowest BCUT2D eigenvalue weighted by Crippen LogP contribution is -2.42. The number of nitrogens with zero attached hydrogens (tertiary/aromatic N) is 1. The lowest BCUT2D eigenvalue weighted by molar-refractivity contribution is -0.150. The minimum atomic E-state index is -3.91. The van der Waals surface area contributed by atoms with Crippen LogP contribution in [0.15, 0.2) is 53.4 Å². The second kappa shape index (κ2) is 12.3. The highest BCUT2D eigenvalue weighted by Gasteiger charge is 2.40. The number of hydrogen-bond donors (Lipinski definition) is 1. The summed E-state index contributed by atoms with van der Waals surface area (Å²) in [6.45, 7) is 7.08. The first-order valence-electron chi connectivity index (χ1n) is 13.0. The number of esters is 2. The number of amides is 1. The summed E-state index contributed by atoms with van der Waals surface area (Å²) in [5, 5.41) is 2.97. The van der Waals surface area contributed by atoms with E-state index < -0.39 is 40.5 Å². The van der Waals surface area contributed by atoms with Crippen molar-refractivity contribution in [2.45, 2.75) is 51.5 Å². The van der Waals surface area contributed by atoms with Gasteiger partial charge in [-0.1, -0.05) is 47.5 Å². The molecule has 11 heteroatoms. The number of thiophene rings is 1. The zero-order valence-corrected chi connectivity index (χ0v) is 24.5. The van der Waals surface area contributed by atoms with Crippen LogP contribution in [0.4, 0.5) is 5.00 Å². The molecule has 212 valence electrons. The quantitative estimate of drug-likeness (QED) is 0.357. The Hall–Kier alpha value is -3.54. The third-order valence-electron chi connectivity index (χ3n) is 6.61. The molecule has 1 atom stereocenters. The lowest BCUT2D eigenvalue weighted by atomic mass is 10.0. The fourth-order valence-corrected chi connectivity index (χ4v) is 7.33. The standard InChI is InChI=1S/C29H32N2O7S2/c1-5-37-29(34)26-25(21-12-8-18(2)9-13-21)20(4)39-27(26)30-24(32)17-38-28(33)23-7-6-16-31(23)40(35,36)22-14-10-19(3)11-15-22/h8-15,23H,5-7,16-17H2,1-4H3,(H,30,32). The number of carbonyl (C=O) groups is 3. The molecule has 1 aromatic heterocycles. The summed E-state index contributed by atoms with van der Waals surface area (Å²) in [6, 6.07) is 13.1. The average Bonchev–Trinajstić information content (AvgIpc) is 3.54. The van der Waals surface area contributed by atoms with Crippen LogP contribution < -0.4 is 5.32 Å². The van der Waals surface area contributed by atoms with Crippen molar-refractivity contribution in [2.75, 3.05) is 25.1 Å². The summed E-state index contributed by atoms with van der Waals surface area (Å²) in [5.74, 6) is -2.02. The van der Waals surface area contributed by atoms with Crippen molar-refractivity contribution < 1.29 is 32.3 Å². The third-order valence-corrected chi connectivity index (χ3v) is 9.55. The van der Waals surface area contributed by atoms with Gasteiger partial charge in [-0.3, -0.25) is 9.59 Å². The first-order chi connectivity index (χ1) is 19.0. The van der Waals surface area contributed by atoms with Crippen molar-refractivity contribution in [2.24, 2.45) is 0 Å². The van der Waals surface area contributed by atoms with Crippen LogP contribution in [0.3, 0.4) is 0 Å².